The molecule has 19 heavy (non-hydrogen) atoms. The van der Waals surface area contributed by atoms with Crippen LogP contribution in [0.5, 0.6) is 0 Å². The van der Waals surface area contributed by atoms with E-state index in [0.717, 1.165) is 54.2 Å². The molecule has 0 bridgehead atoms. The van der Waals surface area contributed by atoms with E-state index >= 15 is 0 Å². The first-order chi connectivity index (χ1) is 9.40. The van der Waals surface area contributed by atoms with Crippen molar-refractivity contribution in [2.45, 2.75) is 44.2 Å². The van der Waals surface area contributed by atoms with Crippen molar-refractivity contribution in [3.8, 4) is 0 Å². The third-order valence-corrected chi connectivity index (χ3v) is 4.58. The minimum absolute atomic E-state index is 0.0783. The number of hydrogen-bond donors (Lipinski definition) is 1. The standard InChI is InChI=1S/C12H17N5OS/c1-2-9(18-7-1)11-14-15-12-17(11)16-10(19-12)5-6-13-8-3-4-8/h8-9,13H,1-7H2. The van der Waals surface area contributed by atoms with Gasteiger partial charge in [-0.1, -0.05) is 11.3 Å². The van der Waals surface area contributed by atoms with Crippen LogP contribution in [0.25, 0.3) is 4.96 Å². The molecule has 1 saturated heterocycles. The summed E-state index contributed by atoms with van der Waals surface area (Å²) in [5.74, 6) is 0.866. The quantitative estimate of drug-likeness (QED) is 0.894. The first kappa shape index (κ1) is 11.7. The molecule has 0 amide bonds. The molecule has 1 aliphatic heterocycles. The molecule has 2 aliphatic rings. The lowest BCUT2D eigenvalue weighted by Crippen LogP contribution is -2.19. The van der Waals surface area contributed by atoms with Crippen molar-refractivity contribution >= 4 is 16.3 Å². The Hall–Kier alpha value is -1.05. The fraction of sp³-hybridized carbons (Fsp3) is 0.750. The Labute approximate surface area is 115 Å². The van der Waals surface area contributed by atoms with Crippen LogP contribution in [0.2, 0.25) is 0 Å². The van der Waals surface area contributed by atoms with Crippen LogP contribution in [0.4, 0.5) is 0 Å². The lowest BCUT2D eigenvalue weighted by molar-refractivity contribution is 0.103. The number of nitrogens with zero attached hydrogens (tertiary/aromatic N) is 4. The number of hydrogen-bond acceptors (Lipinski definition) is 6. The summed E-state index contributed by atoms with van der Waals surface area (Å²) in [5.41, 5.74) is 0. The highest BCUT2D eigenvalue weighted by Crippen LogP contribution is 2.28. The van der Waals surface area contributed by atoms with Crippen molar-refractivity contribution in [2.75, 3.05) is 13.2 Å². The van der Waals surface area contributed by atoms with E-state index in [1.54, 1.807) is 11.3 Å². The fourth-order valence-electron chi connectivity index (χ4n) is 2.43. The summed E-state index contributed by atoms with van der Waals surface area (Å²) in [6.07, 6.45) is 5.83. The van der Waals surface area contributed by atoms with Gasteiger partial charge in [-0.2, -0.15) is 9.61 Å². The van der Waals surface area contributed by atoms with E-state index in [-0.39, 0.29) is 6.10 Å². The van der Waals surface area contributed by atoms with Gasteiger partial charge in [0.2, 0.25) is 4.96 Å². The van der Waals surface area contributed by atoms with Crippen molar-refractivity contribution in [1.82, 2.24) is 25.1 Å². The number of ether oxygens (including phenoxy) is 1. The summed E-state index contributed by atoms with van der Waals surface area (Å²) in [6, 6.07) is 0.758. The van der Waals surface area contributed by atoms with E-state index in [1.807, 2.05) is 4.52 Å². The van der Waals surface area contributed by atoms with Gasteiger partial charge in [-0.3, -0.25) is 0 Å². The zero-order valence-corrected chi connectivity index (χ0v) is 11.5. The van der Waals surface area contributed by atoms with E-state index in [1.165, 1.54) is 12.8 Å². The van der Waals surface area contributed by atoms with E-state index in [9.17, 15) is 0 Å². The fourth-order valence-corrected chi connectivity index (χ4v) is 3.27. The summed E-state index contributed by atoms with van der Waals surface area (Å²) < 4.78 is 7.53. The van der Waals surface area contributed by atoms with Crippen LogP contribution in [0.15, 0.2) is 0 Å². The average molecular weight is 279 g/mol. The van der Waals surface area contributed by atoms with Crippen LogP contribution < -0.4 is 5.32 Å². The SMILES string of the molecule is C1COC(c2nnc3sc(CCNC4CC4)nn23)C1. The molecule has 2 aromatic heterocycles. The molecule has 102 valence electrons. The van der Waals surface area contributed by atoms with Crippen molar-refractivity contribution in [1.29, 1.82) is 0 Å². The molecule has 1 aliphatic carbocycles. The number of fused-ring (bicyclic) bond motifs is 1. The third kappa shape index (κ3) is 2.37. The molecule has 0 radical (unpaired) electrons. The van der Waals surface area contributed by atoms with Crippen molar-refractivity contribution in [3.63, 3.8) is 0 Å². The van der Waals surface area contributed by atoms with Gasteiger partial charge in [0.25, 0.3) is 0 Å². The zero-order chi connectivity index (χ0) is 12.7. The molecule has 2 fully saturated rings. The minimum atomic E-state index is 0.0783. The Kier molecular flexibility index (Phi) is 2.97. The van der Waals surface area contributed by atoms with Crippen LogP contribution in [-0.4, -0.2) is 39.0 Å². The van der Waals surface area contributed by atoms with E-state index in [4.69, 9.17) is 4.74 Å². The van der Waals surface area contributed by atoms with Crippen LogP contribution >= 0.6 is 11.3 Å². The Morgan fingerprint density at radius 2 is 2.26 bits per heavy atom. The summed E-state index contributed by atoms with van der Waals surface area (Å²) in [7, 11) is 0. The van der Waals surface area contributed by atoms with E-state index in [0.29, 0.717) is 0 Å². The zero-order valence-electron chi connectivity index (χ0n) is 10.7. The molecular formula is C12H17N5OS. The molecule has 4 rings (SSSR count). The molecule has 0 aromatic carbocycles. The van der Waals surface area contributed by atoms with Crippen molar-refractivity contribution in [2.24, 2.45) is 0 Å². The summed E-state index contributed by atoms with van der Waals surface area (Å²) in [4.78, 5) is 0.881. The molecular weight excluding hydrogens is 262 g/mol. The van der Waals surface area contributed by atoms with Crippen LogP contribution in [-0.2, 0) is 11.2 Å². The minimum Gasteiger partial charge on any atom is -0.370 e. The lowest BCUT2D eigenvalue weighted by atomic mass is 10.2. The largest absolute Gasteiger partial charge is 0.370 e. The molecule has 2 aromatic rings. The maximum Gasteiger partial charge on any atom is 0.234 e. The third-order valence-electron chi connectivity index (χ3n) is 3.62. The Morgan fingerprint density at radius 1 is 1.32 bits per heavy atom. The first-order valence-electron chi connectivity index (χ1n) is 6.96. The monoisotopic (exact) mass is 279 g/mol. The Balaban J connectivity index is 1.50. The predicted octanol–water partition coefficient (Wildman–Crippen LogP) is 1.33. The molecule has 0 spiro atoms. The van der Waals surface area contributed by atoms with Gasteiger partial charge in [0.15, 0.2) is 5.82 Å². The van der Waals surface area contributed by atoms with Gasteiger partial charge in [0, 0.05) is 25.6 Å². The number of rotatable bonds is 5. The van der Waals surface area contributed by atoms with Crippen LogP contribution in [0, 0.1) is 0 Å². The maximum absolute atomic E-state index is 5.66. The topological polar surface area (TPSA) is 64.3 Å². The lowest BCUT2D eigenvalue weighted by Gasteiger charge is -2.04. The van der Waals surface area contributed by atoms with Gasteiger partial charge in [0.05, 0.1) is 0 Å². The highest BCUT2D eigenvalue weighted by atomic mass is 32.1. The second-order valence-corrected chi connectivity index (χ2v) is 6.27. The van der Waals surface area contributed by atoms with Gasteiger partial charge in [-0.25, -0.2) is 0 Å². The van der Waals surface area contributed by atoms with Crippen LogP contribution in [0.3, 0.4) is 0 Å². The second kappa shape index (κ2) is 4.81. The summed E-state index contributed by atoms with van der Waals surface area (Å²) in [6.45, 7) is 1.83. The van der Waals surface area contributed by atoms with E-state index in [2.05, 4.69) is 20.6 Å². The molecule has 1 N–H and O–H groups in total. The summed E-state index contributed by atoms with van der Waals surface area (Å²) in [5, 5.41) is 17.7. The number of aromatic nitrogens is 4. The first-order valence-corrected chi connectivity index (χ1v) is 7.78. The van der Waals surface area contributed by atoms with Gasteiger partial charge in [-0.15, -0.1) is 10.2 Å². The molecule has 7 heteroatoms. The van der Waals surface area contributed by atoms with Crippen molar-refractivity contribution < 1.29 is 4.74 Å². The normalized spacial score (nSPS) is 23.5. The molecule has 3 heterocycles. The van der Waals surface area contributed by atoms with E-state index < -0.39 is 0 Å². The number of nitrogens with one attached hydrogen (secondary N) is 1. The van der Waals surface area contributed by atoms with Gasteiger partial charge in [0.1, 0.15) is 11.1 Å². The van der Waals surface area contributed by atoms with Crippen LogP contribution in [0.1, 0.15) is 42.6 Å². The highest BCUT2D eigenvalue weighted by molar-refractivity contribution is 7.16. The molecule has 1 saturated carbocycles. The Bertz CT molecular complexity index is 570. The van der Waals surface area contributed by atoms with Gasteiger partial charge >= 0.3 is 0 Å². The average Bonchev–Trinajstić information content (AvgIpc) is 2.80. The summed E-state index contributed by atoms with van der Waals surface area (Å²) >= 11 is 1.63. The van der Waals surface area contributed by atoms with Gasteiger partial charge < -0.3 is 10.1 Å². The molecule has 1 unspecified atom stereocenters. The molecule has 1 atom stereocenters. The predicted molar refractivity (Wildman–Crippen MR) is 71.3 cm³/mol. The maximum atomic E-state index is 5.66. The highest BCUT2D eigenvalue weighted by Gasteiger charge is 2.25. The Morgan fingerprint density at radius 3 is 3.05 bits per heavy atom. The second-order valence-electron chi connectivity index (χ2n) is 5.23. The smallest absolute Gasteiger partial charge is 0.234 e. The van der Waals surface area contributed by atoms with Crippen molar-refractivity contribution in [3.05, 3.63) is 10.8 Å². The molecule has 6 nitrogen and oxygen atoms in total. The van der Waals surface area contributed by atoms with Gasteiger partial charge in [-0.05, 0) is 25.7 Å².